The number of rotatable bonds is 5. The van der Waals surface area contributed by atoms with Crippen LogP contribution in [0.15, 0.2) is 47.3 Å². The maximum atomic E-state index is 12.3. The normalized spacial score (nSPS) is 10.5. The highest BCUT2D eigenvalue weighted by Gasteiger charge is 2.20. The topological polar surface area (TPSA) is 138 Å². The molecule has 132 valence electrons. The SMILES string of the molecule is O=C(NCc1ccccc1)c1nc(-c2ccc([N+](=O)[O-])s2)[nH]c(=O)c1O. The van der Waals surface area contributed by atoms with Crippen molar-refractivity contribution in [3.8, 4) is 16.5 Å². The average Bonchev–Trinajstić information content (AvgIpc) is 3.13. The van der Waals surface area contributed by atoms with Gasteiger partial charge in [-0.2, -0.15) is 0 Å². The summed E-state index contributed by atoms with van der Waals surface area (Å²) in [6.07, 6.45) is 0. The molecule has 26 heavy (non-hydrogen) atoms. The van der Waals surface area contributed by atoms with Gasteiger partial charge in [-0.1, -0.05) is 41.7 Å². The zero-order valence-corrected chi connectivity index (χ0v) is 13.9. The smallest absolute Gasteiger partial charge is 0.324 e. The number of amides is 1. The van der Waals surface area contributed by atoms with Gasteiger partial charge in [0.15, 0.2) is 11.5 Å². The predicted octanol–water partition coefficient (Wildman–Crippen LogP) is 2.04. The van der Waals surface area contributed by atoms with Crippen LogP contribution in [0, 0.1) is 10.1 Å². The zero-order valence-electron chi connectivity index (χ0n) is 13.1. The Hall–Kier alpha value is -3.53. The van der Waals surface area contributed by atoms with E-state index in [4.69, 9.17) is 0 Å². The molecule has 2 aromatic heterocycles. The van der Waals surface area contributed by atoms with Gasteiger partial charge < -0.3 is 15.4 Å². The Balaban J connectivity index is 1.88. The largest absolute Gasteiger partial charge is 0.501 e. The van der Waals surface area contributed by atoms with Crippen LogP contribution >= 0.6 is 11.3 Å². The summed E-state index contributed by atoms with van der Waals surface area (Å²) in [6, 6.07) is 11.7. The molecule has 0 aliphatic carbocycles. The van der Waals surface area contributed by atoms with Crippen molar-refractivity contribution < 1.29 is 14.8 Å². The molecule has 0 aliphatic heterocycles. The molecule has 2 heterocycles. The lowest BCUT2D eigenvalue weighted by atomic mass is 10.2. The first kappa shape index (κ1) is 17.3. The number of hydrogen-bond donors (Lipinski definition) is 3. The third-order valence-electron chi connectivity index (χ3n) is 3.41. The Morgan fingerprint density at radius 3 is 2.65 bits per heavy atom. The van der Waals surface area contributed by atoms with Crippen LogP contribution in [-0.2, 0) is 6.54 Å². The van der Waals surface area contributed by atoms with E-state index in [0.717, 1.165) is 16.9 Å². The molecule has 0 bridgehead atoms. The molecule has 3 aromatic rings. The summed E-state index contributed by atoms with van der Waals surface area (Å²) < 4.78 is 0. The third-order valence-corrected chi connectivity index (χ3v) is 4.45. The molecule has 0 saturated heterocycles. The van der Waals surface area contributed by atoms with E-state index in [1.165, 1.54) is 12.1 Å². The highest BCUT2D eigenvalue weighted by Crippen LogP contribution is 2.30. The van der Waals surface area contributed by atoms with Crippen molar-refractivity contribution in [1.82, 2.24) is 15.3 Å². The summed E-state index contributed by atoms with van der Waals surface area (Å²) in [7, 11) is 0. The molecular formula is C16H12N4O5S. The van der Waals surface area contributed by atoms with Gasteiger partial charge in [0.25, 0.3) is 11.5 Å². The molecule has 0 atom stereocenters. The summed E-state index contributed by atoms with van der Waals surface area (Å²) in [6.45, 7) is 0.188. The lowest BCUT2D eigenvalue weighted by Gasteiger charge is -2.07. The van der Waals surface area contributed by atoms with Crippen molar-refractivity contribution in [2.24, 2.45) is 0 Å². The summed E-state index contributed by atoms with van der Waals surface area (Å²) in [4.78, 5) is 41.0. The number of thiophene rings is 1. The molecule has 3 N–H and O–H groups in total. The van der Waals surface area contributed by atoms with E-state index in [0.29, 0.717) is 4.88 Å². The summed E-state index contributed by atoms with van der Waals surface area (Å²) in [5, 5.41) is 23.1. The number of nitro groups is 1. The average molecular weight is 372 g/mol. The molecule has 10 heteroatoms. The van der Waals surface area contributed by atoms with Gasteiger partial charge in [-0.05, 0) is 11.6 Å². The number of H-pyrrole nitrogens is 1. The lowest BCUT2D eigenvalue weighted by Crippen LogP contribution is -2.26. The van der Waals surface area contributed by atoms with E-state index in [9.17, 15) is 24.8 Å². The van der Waals surface area contributed by atoms with Crippen molar-refractivity contribution in [2.45, 2.75) is 6.54 Å². The van der Waals surface area contributed by atoms with Gasteiger partial charge in [-0.15, -0.1) is 0 Å². The molecule has 1 aromatic carbocycles. The lowest BCUT2D eigenvalue weighted by molar-refractivity contribution is -0.380. The van der Waals surface area contributed by atoms with E-state index >= 15 is 0 Å². The number of nitrogens with one attached hydrogen (secondary N) is 2. The third kappa shape index (κ3) is 3.59. The number of hydrogen-bond acceptors (Lipinski definition) is 7. The summed E-state index contributed by atoms with van der Waals surface area (Å²) in [5.74, 6) is -1.58. The first-order valence-electron chi connectivity index (χ1n) is 7.35. The fraction of sp³-hybridized carbons (Fsp3) is 0.0625. The van der Waals surface area contributed by atoms with Crippen molar-refractivity contribution in [3.05, 3.63) is 74.2 Å². The first-order chi connectivity index (χ1) is 12.5. The quantitative estimate of drug-likeness (QED) is 0.463. The number of aromatic nitrogens is 2. The van der Waals surface area contributed by atoms with E-state index in [1.54, 1.807) is 0 Å². The van der Waals surface area contributed by atoms with Crippen molar-refractivity contribution in [3.63, 3.8) is 0 Å². The van der Waals surface area contributed by atoms with Crippen LogP contribution in [-0.4, -0.2) is 25.9 Å². The van der Waals surface area contributed by atoms with Crippen LogP contribution in [0.3, 0.4) is 0 Å². The molecular weight excluding hydrogens is 360 g/mol. The van der Waals surface area contributed by atoms with Gasteiger partial charge in [0.1, 0.15) is 0 Å². The van der Waals surface area contributed by atoms with Gasteiger partial charge in [-0.3, -0.25) is 19.7 Å². The van der Waals surface area contributed by atoms with E-state index in [1.807, 2.05) is 30.3 Å². The van der Waals surface area contributed by atoms with Crippen LogP contribution in [0.5, 0.6) is 5.75 Å². The molecule has 9 nitrogen and oxygen atoms in total. The van der Waals surface area contributed by atoms with Crippen LogP contribution in [0.25, 0.3) is 10.7 Å². The minimum absolute atomic E-state index is 0.0317. The van der Waals surface area contributed by atoms with Crippen LogP contribution in [0.4, 0.5) is 5.00 Å². The number of aromatic amines is 1. The number of carbonyl (C=O) groups is 1. The van der Waals surface area contributed by atoms with Gasteiger partial charge in [0.2, 0.25) is 5.75 Å². The number of nitrogens with zero attached hydrogens (tertiary/aromatic N) is 2. The second-order valence-electron chi connectivity index (χ2n) is 5.18. The molecule has 0 aliphatic rings. The number of benzene rings is 1. The first-order valence-corrected chi connectivity index (χ1v) is 8.17. The van der Waals surface area contributed by atoms with Crippen LogP contribution in [0.2, 0.25) is 0 Å². The van der Waals surface area contributed by atoms with E-state index in [2.05, 4.69) is 15.3 Å². The maximum Gasteiger partial charge on any atom is 0.324 e. The molecule has 3 rings (SSSR count). The minimum Gasteiger partial charge on any atom is -0.501 e. The Kier molecular flexibility index (Phi) is 4.76. The van der Waals surface area contributed by atoms with Gasteiger partial charge >= 0.3 is 5.00 Å². The number of carbonyl (C=O) groups excluding carboxylic acids is 1. The summed E-state index contributed by atoms with van der Waals surface area (Å²) >= 11 is 0.794. The van der Waals surface area contributed by atoms with Gasteiger partial charge in [0, 0.05) is 12.6 Å². The van der Waals surface area contributed by atoms with Crippen LogP contribution in [0.1, 0.15) is 16.1 Å². The Bertz CT molecular complexity index is 1030. The van der Waals surface area contributed by atoms with E-state index < -0.39 is 27.8 Å². The molecule has 0 spiro atoms. The zero-order chi connectivity index (χ0) is 18.7. The molecule has 0 fully saturated rings. The second-order valence-corrected chi connectivity index (χ2v) is 6.24. The van der Waals surface area contributed by atoms with E-state index in [-0.39, 0.29) is 17.4 Å². The Labute approximate surface area is 150 Å². The van der Waals surface area contributed by atoms with Crippen molar-refractivity contribution >= 4 is 22.2 Å². The van der Waals surface area contributed by atoms with Crippen LogP contribution < -0.4 is 10.9 Å². The van der Waals surface area contributed by atoms with Crippen molar-refractivity contribution in [1.29, 1.82) is 0 Å². The summed E-state index contributed by atoms with van der Waals surface area (Å²) in [5.41, 5.74) is -0.522. The molecule has 0 radical (unpaired) electrons. The molecule has 1 amide bonds. The number of aromatic hydroxyl groups is 1. The monoisotopic (exact) mass is 372 g/mol. The molecule has 0 unspecified atom stereocenters. The second kappa shape index (κ2) is 7.15. The minimum atomic E-state index is -0.907. The van der Waals surface area contributed by atoms with Gasteiger partial charge in [0.05, 0.1) is 9.80 Å². The highest BCUT2D eigenvalue weighted by molar-refractivity contribution is 7.18. The fourth-order valence-corrected chi connectivity index (χ4v) is 2.92. The van der Waals surface area contributed by atoms with Crippen molar-refractivity contribution in [2.75, 3.05) is 0 Å². The fourth-order valence-electron chi connectivity index (χ4n) is 2.16. The predicted molar refractivity (Wildman–Crippen MR) is 94.1 cm³/mol. The molecule has 0 saturated carbocycles. The standard InChI is InChI=1S/C16H12N4O5S/c21-13-12(15(22)17-8-9-4-2-1-3-5-9)18-14(19-16(13)23)10-6-7-11(26-10)20(24)25/h1-7,21H,8H2,(H,17,22)(H,18,19,23). The Morgan fingerprint density at radius 2 is 2.00 bits per heavy atom. The Morgan fingerprint density at radius 1 is 1.27 bits per heavy atom. The highest BCUT2D eigenvalue weighted by atomic mass is 32.1. The van der Waals surface area contributed by atoms with Gasteiger partial charge in [-0.25, -0.2) is 4.98 Å². The maximum absolute atomic E-state index is 12.3.